The summed E-state index contributed by atoms with van der Waals surface area (Å²) in [5, 5.41) is 2.65. The molecule has 1 aromatic carbocycles. The Morgan fingerprint density at radius 2 is 1.91 bits per heavy atom. The van der Waals surface area contributed by atoms with E-state index in [0.717, 1.165) is 16.7 Å². The lowest BCUT2D eigenvalue weighted by atomic mass is 10.1. The summed E-state index contributed by atoms with van der Waals surface area (Å²) >= 11 is 0. The van der Waals surface area contributed by atoms with Gasteiger partial charge in [-0.3, -0.25) is 9.52 Å². The molecule has 0 fully saturated rings. The van der Waals surface area contributed by atoms with Crippen LogP contribution in [0, 0.1) is 13.8 Å². The molecule has 0 bridgehead atoms. The first kappa shape index (κ1) is 24.9. The summed E-state index contributed by atoms with van der Waals surface area (Å²) in [5.74, 6) is -0.648. The maximum absolute atomic E-state index is 13.2. The number of hydrogen-bond acceptors (Lipinski definition) is 6. The molecule has 172 valence electrons. The number of ether oxygens (including phenoxy) is 2. The molecule has 0 saturated carbocycles. The maximum Gasteiger partial charge on any atom is 0.271 e. The van der Waals surface area contributed by atoms with Crippen molar-refractivity contribution in [2.75, 3.05) is 18.9 Å². The van der Waals surface area contributed by atoms with Gasteiger partial charge in [-0.05, 0) is 56.3 Å². The highest BCUT2D eigenvalue weighted by Gasteiger charge is 2.24. The molecular weight excluding hydrogens is 432 g/mol. The molecule has 0 aliphatic rings. The van der Waals surface area contributed by atoms with Crippen molar-refractivity contribution in [3.8, 4) is 0 Å². The summed E-state index contributed by atoms with van der Waals surface area (Å²) in [6.45, 7) is 8.90. The number of aryl methyl sites for hydroxylation is 2. The number of H-pyrrole nitrogens is 1. The fourth-order valence-electron chi connectivity index (χ4n) is 2.96. The van der Waals surface area contributed by atoms with E-state index in [1.54, 1.807) is 52.3 Å². The van der Waals surface area contributed by atoms with Gasteiger partial charge in [-0.25, -0.2) is 13.4 Å². The second-order valence-corrected chi connectivity index (χ2v) is 8.69. The summed E-state index contributed by atoms with van der Waals surface area (Å²) < 4.78 is 39.2. The number of aliphatic imine (C=N–C) groups is 1. The molecule has 0 aliphatic carbocycles. The fourth-order valence-corrected chi connectivity index (χ4v) is 4.37. The van der Waals surface area contributed by atoms with Crippen molar-refractivity contribution >= 4 is 28.3 Å². The fraction of sp³-hybridized carbons (Fsp3) is 0.273. The molecule has 0 unspecified atom stereocenters. The Hall–Kier alpha value is -3.37. The molecule has 10 heteroatoms. The van der Waals surface area contributed by atoms with Crippen LogP contribution in [0.15, 0.2) is 58.0 Å². The number of anilines is 1. The number of rotatable bonds is 10. The number of aromatic nitrogens is 1. The van der Waals surface area contributed by atoms with E-state index >= 15 is 0 Å². The van der Waals surface area contributed by atoms with Gasteiger partial charge in [0.15, 0.2) is 4.91 Å². The van der Waals surface area contributed by atoms with E-state index in [2.05, 4.69) is 26.7 Å². The largest absolute Gasteiger partial charge is 0.480 e. The van der Waals surface area contributed by atoms with Crippen LogP contribution in [0.1, 0.15) is 34.1 Å². The topological polar surface area (TPSA) is 122 Å². The minimum Gasteiger partial charge on any atom is -0.480 e. The van der Waals surface area contributed by atoms with E-state index in [1.807, 2.05) is 6.07 Å². The number of methoxy groups -OCH3 is 2. The SMILES string of the molecule is C=N/C(OC)=C(\C=C(/C)NC(=O)c1cc(COC)c[nH]1)S(=O)(=O)Nc1c(C)cccc1C. The van der Waals surface area contributed by atoms with Gasteiger partial charge in [0.1, 0.15) is 5.69 Å². The quantitative estimate of drug-likeness (QED) is 0.285. The Bertz CT molecular complexity index is 1140. The maximum atomic E-state index is 13.2. The molecule has 3 N–H and O–H groups in total. The number of nitrogens with one attached hydrogen (secondary N) is 3. The Morgan fingerprint density at radius 3 is 2.47 bits per heavy atom. The van der Waals surface area contributed by atoms with Crippen LogP contribution >= 0.6 is 0 Å². The summed E-state index contributed by atoms with van der Waals surface area (Å²) in [6, 6.07) is 7.08. The minimum absolute atomic E-state index is 0.209. The molecule has 1 amide bonds. The average molecular weight is 461 g/mol. The lowest BCUT2D eigenvalue weighted by Gasteiger charge is -2.15. The molecule has 1 heterocycles. The third-order valence-corrected chi connectivity index (χ3v) is 5.86. The number of amides is 1. The first-order valence-electron chi connectivity index (χ1n) is 9.62. The van der Waals surface area contributed by atoms with Crippen molar-refractivity contribution in [2.24, 2.45) is 4.99 Å². The van der Waals surface area contributed by atoms with Gasteiger partial charge in [0.05, 0.1) is 19.4 Å². The number of benzene rings is 1. The predicted molar refractivity (Wildman–Crippen MR) is 125 cm³/mol. The van der Waals surface area contributed by atoms with Gasteiger partial charge in [-0.15, -0.1) is 0 Å². The zero-order valence-corrected chi connectivity index (χ0v) is 19.6. The predicted octanol–water partition coefficient (Wildman–Crippen LogP) is 3.37. The van der Waals surface area contributed by atoms with E-state index < -0.39 is 15.9 Å². The first-order valence-corrected chi connectivity index (χ1v) is 11.1. The third kappa shape index (κ3) is 6.08. The number of sulfonamides is 1. The Kier molecular flexibility index (Phi) is 8.39. The number of hydrogen-bond donors (Lipinski definition) is 3. The summed E-state index contributed by atoms with van der Waals surface area (Å²) in [7, 11) is -1.28. The molecule has 1 aromatic heterocycles. The highest BCUT2D eigenvalue weighted by Crippen LogP contribution is 2.25. The first-order chi connectivity index (χ1) is 15.1. The smallest absolute Gasteiger partial charge is 0.271 e. The van der Waals surface area contributed by atoms with E-state index in [4.69, 9.17) is 9.47 Å². The molecule has 0 atom stereocenters. The number of nitrogens with zero attached hydrogens (tertiary/aromatic N) is 1. The van der Waals surface area contributed by atoms with Crippen LogP contribution < -0.4 is 10.0 Å². The zero-order valence-electron chi connectivity index (χ0n) is 18.8. The third-order valence-electron chi connectivity index (χ3n) is 4.51. The molecule has 0 saturated heterocycles. The highest BCUT2D eigenvalue weighted by atomic mass is 32.2. The number of carbonyl (C=O) groups is 1. The highest BCUT2D eigenvalue weighted by molar-refractivity contribution is 7.96. The van der Waals surface area contributed by atoms with Crippen molar-refractivity contribution < 1.29 is 22.7 Å². The van der Waals surface area contributed by atoms with Crippen LogP contribution in [-0.4, -0.2) is 40.2 Å². The van der Waals surface area contributed by atoms with Crippen LogP contribution in [0.2, 0.25) is 0 Å². The molecule has 0 spiro atoms. The van der Waals surface area contributed by atoms with Gasteiger partial charge >= 0.3 is 0 Å². The second kappa shape index (κ2) is 10.8. The average Bonchev–Trinajstić information content (AvgIpc) is 3.20. The van der Waals surface area contributed by atoms with Crippen molar-refractivity contribution in [2.45, 2.75) is 27.4 Å². The number of para-hydroxylation sites is 1. The number of carbonyl (C=O) groups excluding carboxylic acids is 1. The monoisotopic (exact) mass is 460 g/mol. The lowest BCUT2D eigenvalue weighted by Crippen LogP contribution is -2.23. The molecule has 2 rings (SSSR count). The summed E-state index contributed by atoms with van der Waals surface area (Å²) in [4.78, 5) is 18.8. The Labute approximate surface area is 188 Å². The summed E-state index contributed by atoms with van der Waals surface area (Å²) in [5.41, 5.74) is 3.34. The molecule has 2 aromatic rings. The van der Waals surface area contributed by atoms with Crippen LogP contribution in [0.25, 0.3) is 0 Å². The van der Waals surface area contributed by atoms with Gasteiger partial charge in [-0.1, -0.05) is 18.2 Å². The second-order valence-electron chi connectivity index (χ2n) is 7.04. The molecule has 0 radical (unpaired) electrons. The zero-order chi connectivity index (χ0) is 23.9. The van der Waals surface area contributed by atoms with E-state index in [9.17, 15) is 13.2 Å². The van der Waals surface area contributed by atoms with Gasteiger partial charge < -0.3 is 19.8 Å². The molecular formula is C22H28N4O5S. The van der Waals surface area contributed by atoms with E-state index in [0.29, 0.717) is 18.0 Å². The molecule has 32 heavy (non-hydrogen) atoms. The number of aromatic amines is 1. The standard InChI is InChI=1S/C22H28N4O5S/c1-14-8-7-9-15(2)20(14)26-32(28,29)19(22(23-4)31-6)10-16(3)25-21(27)18-11-17(12-24-18)13-30-5/h7-12,24,26H,4,13H2,1-3,5-6H3,(H,25,27)/b16-10+,22-19-. The van der Waals surface area contributed by atoms with Crippen LogP contribution in [0.4, 0.5) is 5.69 Å². The van der Waals surface area contributed by atoms with Crippen molar-refractivity contribution in [1.82, 2.24) is 10.3 Å². The van der Waals surface area contributed by atoms with E-state index in [-0.39, 0.29) is 16.5 Å². The minimum atomic E-state index is -4.12. The molecule has 9 nitrogen and oxygen atoms in total. The summed E-state index contributed by atoms with van der Waals surface area (Å²) in [6.07, 6.45) is 2.92. The van der Waals surface area contributed by atoms with Crippen molar-refractivity contribution in [3.05, 3.63) is 75.4 Å². The van der Waals surface area contributed by atoms with Crippen LogP contribution in [0.3, 0.4) is 0 Å². The van der Waals surface area contributed by atoms with Crippen LogP contribution in [0.5, 0.6) is 0 Å². The van der Waals surface area contributed by atoms with Crippen LogP contribution in [-0.2, 0) is 26.1 Å². The van der Waals surface area contributed by atoms with E-state index in [1.165, 1.54) is 13.2 Å². The normalized spacial score (nSPS) is 12.7. The number of allylic oxidation sites excluding steroid dienone is 2. The lowest BCUT2D eigenvalue weighted by molar-refractivity contribution is 0.0961. The molecule has 0 aliphatic heterocycles. The Morgan fingerprint density at radius 1 is 1.25 bits per heavy atom. The van der Waals surface area contributed by atoms with Gasteiger partial charge in [0.25, 0.3) is 15.9 Å². The van der Waals surface area contributed by atoms with Gasteiger partial charge in [0, 0.05) is 19.0 Å². The van der Waals surface area contributed by atoms with Gasteiger partial charge in [0.2, 0.25) is 5.88 Å². The van der Waals surface area contributed by atoms with Crippen molar-refractivity contribution in [1.29, 1.82) is 0 Å². The Balaban J connectivity index is 2.38. The van der Waals surface area contributed by atoms with Gasteiger partial charge in [-0.2, -0.15) is 0 Å². The van der Waals surface area contributed by atoms with Crippen molar-refractivity contribution in [3.63, 3.8) is 0 Å².